The second-order valence-electron chi connectivity index (χ2n) is 3.56. The quantitative estimate of drug-likeness (QED) is 0.919. The van der Waals surface area contributed by atoms with Gasteiger partial charge in [0.25, 0.3) is 5.56 Å². The zero-order chi connectivity index (χ0) is 13.3. The van der Waals surface area contributed by atoms with Crippen molar-refractivity contribution in [1.29, 1.82) is 0 Å². The zero-order valence-electron chi connectivity index (χ0n) is 8.91. The van der Waals surface area contributed by atoms with Gasteiger partial charge >= 0.3 is 5.69 Å². The highest BCUT2D eigenvalue weighted by Gasteiger charge is 2.09. The summed E-state index contributed by atoms with van der Waals surface area (Å²) in [7, 11) is 0. The Bertz CT molecular complexity index is 689. The molecule has 0 saturated heterocycles. The summed E-state index contributed by atoms with van der Waals surface area (Å²) in [6.07, 6.45) is 0.820. The van der Waals surface area contributed by atoms with Gasteiger partial charge < -0.3 is 0 Å². The van der Waals surface area contributed by atoms with Gasteiger partial charge in [-0.15, -0.1) is 0 Å². The van der Waals surface area contributed by atoms with E-state index in [4.69, 9.17) is 23.2 Å². The van der Waals surface area contributed by atoms with Gasteiger partial charge in [-0.3, -0.25) is 14.3 Å². The molecule has 0 aliphatic carbocycles. The molecule has 0 amide bonds. The molecular formula is C11H7Cl2FN2O2. The maximum Gasteiger partial charge on any atom is 0.328 e. The average molecular weight is 289 g/mol. The number of rotatable bonds is 2. The van der Waals surface area contributed by atoms with Crippen molar-refractivity contribution in [2.45, 2.75) is 6.54 Å². The molecule has 1 aromatic carbocycles. The smallest absolute Gasteiger partial charge is 0.293 e. The molecule has 18 heavy (non-hydrogen) atoms. The van der Waals surface area contributed by atoms with Crippen molar-refractivity contribution in [3.8, 4) is 0 Å². The van der Waals surface area contributed by atoms with Gasteiger partial charge in [-0.1, -0.05) is 29.3 Å². The highest BCUT2D eigenvalue weighted by atomic mass is 35.5. The minimum atomic E-state index is -1.05. The van der Waals surface area contributed by atoms with Crippen LogP contribution in [0.1, 0.15) is 5.56 Å². The third-order valence-electron chi connectivity index (χ3n) is 2.36. The van der Waals surface area contributed by atoms with Gasteiger partial charge in [0.1, 0.15) is 0 Å². The molecule has 0 bridgehead atoms. The molecule has 0 aliphatic rings. The molecule has 1 N–H and O–H groups in total. The van der Waals surface area contributed by atoms with Crippen LogP contribution in [0.5, 0.6) is 0 Å². The Kier molecular flexibility index (Phi) is 3.54. The van der Waals surface area contributed by atoms with E-state index in [-0.39, 0.29) is 6.54 Å². The van der Waals surface area contributed by atoms with Crippen molar-refractivity contribution in [2.24, 2.45) is 0 Å². The van der Waals surface area contributed by atoms with Gasteiger partial charge in [0.05, 0.1) is 12.7 Å². The fourth-order valence-corrected chi connectivity index (χ4v) is 1.97. The first-order chi connectivity index (χ1) is 8.49. The van der Waals surface area contributed by atoms with Crippen molar-refractivity contribution >= 4 is 23.2 Å². The van der Waals surface area contributed by atoms with Gasteiger partial charge in [0, 0.05) is 15.6 Å². The number of aromatic nitrogens is 2. The van der Waals surface area contributed by atoms with Crippen LogP contribution in [0, 0.1) is 5.82 Å². The maximum atomic E-state index is 13.1. The van der Waals surface area contributed by atoms with E-state index in [0.717, 1.165) is 10.8 Å². The summed E-state index contributed by atoms with van der Waals surface area (Å²) in [5.41, 5.74) is -1.30. The van der Waals surface area contributed by atoms with Gasteiger partial charge in [-0.05, 0) is 12.1 Å². The molecule has 94 valence electrons. The standard InChI is InChI=1S/C11H7Cl2FN2O2/c12-7-2-1-3-8(13)6(7)4-16-5-9(14)10(17)15-11(16)18/h1-3,5H,4H2,(H,15,17,18). The van der Waals surface area contributed by atoms with Crippen LogP contribution in [0.2, 0.25) is 10.0 Å². The lowest BCUT2D eigenvalue weighted by molar-refractivity contribution is 0.566. The lowest BCUT2D eigenvalue weighted by atomic mass is 10.2. The zero-order valence-corrected chi connectivity index (χ0v) is 10.4. The first-order valence-corrected chi connectivity index (χ1v) is 5.67. The lowest BCUT2D eigenvalue weighted by Crippen LogP contribution is -2.31. The molecule has 0 aliphatic heterocycles. The van der Waals surface area contributed by atoms with E-state index in [1.54, 1.807) is 18.2 Å². The van der Waals surface area contributed by atoms with Gasteiger partial charge in [0.2, 0.25) is 5.82 Å². The van der Waals surface area contributed by atoms with E-state index in [1.165, 1.54) is 0 Å². The Balaban J connectivity index is 2.50. The molecule has 0 unspecified atom stereocenters. The Morgan fingerprint density at radius 2 is 1.83 bits per heavy atom. The highest BCUT2D eigenvalue weighted by molar-refractivity contribution is 6.35. The first kappa shape index (κ1) is 12.9. The van der Waals surface area contributed by atoms with Crippen molar-refractivity contribution in [3.05, 3.63) is 66.7 Å². The van der Waals surface area contributed by atoms with Crippen molar-refractivity contribution in [1.82, 2.24) is 9.55 Å². The molecule has 0 saturated carbocycles. The minimum absolute atomic E-state index is 0.0228. The van der Waals surface area contributed by atoms with Crippen LogP contribution in [-0.2, 0) is 6.54 Å². The summed E-state index contributed by atoms with van der Waals surface area (Å²) in [6, 6.07) is 4.87. The van der Waals surface area contributed by atoms with Gasteiger partial charge in [-0.2, -0.15) is 4.39 Å². The number of benzene rings is 1. The van der Waals surface area contributed by atoms with Crippen molar-refractivity contribution in [2.75, 3.05) is 0 Å². The van der Waals surface area contributed by atoms with Gasteiger partial charge in [-0.25, -0.2) is 4.79 Å². The summed E-state index contributed by atoms with van der Waals surface area (Å²) in [5.74, 6) is -1.04. The Hall–Kier alpha value is -1.59. The monoisotopic (exact) mass is 288 g/mol. The van der Waals surface area contributed by atoms with Crippen molar-refractivity contribution in [3.63, 3.8) is 0 Å². The van der Waals surface area contributed by atoms with Crippen molar-refractivity contribution < 1.29 is 4.39 Å². The SMILES string of the molecule is O=c1[nH]c(=O)n(Cc2c(Cl)cccc2Cl)cc1F. The molecule has 7 heteroatoms. The van der Waals surface area contributed by atoms with E-state index < -0.39 is 17.1 Å². The lowest BCUT2D eigenvalue weighted by Gasteiger charge is -2.08. The molecule has 2 aromatic rings. The highest BCUT2D eigenvalue weighted by Crippen LogP contribution is 2.24. The molecule has 1 heterocycles. The summed E-state index contributed by atoms with van der Waals surface area (Å²) in [6.45, 7) is -0.0228. The van der Waals surface area contributed by atoms with E-state index in [2.05, 4.69) is 0 Å². The van der Waals surface area contributed by atoms with Crippen LogP contribution in [0.15, 0.2) is 34.0 Å². The average Bonchev–Trinajstić information content (AvgIpc) is 2.30. The Morgan fingerprint density at radius 3 is 2.44 bits per heavy atom. The number of hydrogen-bond donors (Lipinski definition) is 1. The van der Waals surface area contributed by atoms with Crippen LogP contribution in [0.3, 0.4) is 0 Å². The molecule has 0 radical (unpaired) electrons. The van der Waals surface area contributed by atoms with Crippen LogP contribution in [0.25, 0.3) is 0 Å². The number of aromatic amines is 1. The van der Waals surface area contributed by atoms with E-state index in [0.29, 0.717) is 15.6 Å². The summed E-state index contributed by atoms with van der Waals surface area (Å²) in [4.78, 5) is 24.2. The number of H-pyrrole nitrogens is 1. The number of nitrogens with zero attached hydrogens (tertiary/aromatic N) is 1. The maximum absolute atomic E-state index is 13.1. The number of nitrogens with one attached hydrogen (secondary N) is 1. The van der Waals surface area contributed by atoms with Gasteiger partial charge in [0.15, 0.2) is 0 Å². The van der Waals surface area contributed by atoms with E-state index in [1.807, 2.05) is 4.98 Å². The predicted molar refractivity (Wildman–Crippen MR) is 66.8 cm³/mol. The topological polar surface area (TPSA) is 54.9 Å². The molecular weight excluding hydrogens is 282 g/mol. The molecule has 1 aromatic heterocycles. The largest absolute Gasteiger partial charge is 0.328 e. The summed E-state index contributed by atoms with van der Waals surface area (Å²) in [5, 5.41) is 0.724. The second kappa shape index (κ2) is 4.96. The third-order valence-corrected chi connectivity index (χ3v) is 3.07. The van der Waals surface area contributed by atoms with Crippen LogP contribution < -0.4 is 11.2 Å². The fraction of sp³-hybridized carbons (Fsp3) is 0.0909. The molecule has 0 fully saturated rings. The second-order valence-corrected chi connectivity index (χ2v) is 4.38. The Labute approximate surface area is 111 Å². The predicted octanol–water partition coefficient (Wildman–Crippen LogP) is 2.03. The third kappa shape index (κ3) is 2.47. The van der Waals surface area contributed by atoms with E-state index in [9.17, 15) is 14.0 Å². The first-order valence-electron chi connectivity index (χ1n) is 4.91. The van der Waals surface area contributed by atoms with Crippen LogP contribution in [0.4, 0.5) is 4.39 Å². The van der Waals surface area contributed by atoms with E-state index >= 15 is 0 Å². The molecule has 4 nitrogen and oxygen atoms in total. The Morgan fingerprint density at radius 1 is 1.22 bits per heavy atom. The summed E-state index contributed by atoms with van der Waals surface area (Å²) < 4.78 is 14.1. The van der Waals surface area contributed by atoms with Crippen LogP contribution in [-0.4, -0.2) is 9.55 Å². The molecule has 2 rings (SSSR count). The molecule has 0 atom stereocenters. The normalized spacial score (nSPS) is 10.6. The fourth-order valence-electron chi connectivity index (χ4n) is 1.45. The number of halogens is 3. The molecule has 0 spiro atoms. The minimum Gasteiger partial charge on any atom is -0.293 e. The van der Waals surface area contributed by atoms with Crippen LogP contribution >= 0.6 is 23.2 Å². The number of hydrogen-bond acceptors (Lipinski definition) is 2. The summed E-state index contributed by atoms with van der Waals surface area (Å²) >= 11 is 11.9.